The van der Waals surface area contributed by atoms with Crippen LogP contribution < -0.4 is 5.32 Å². The molecule has 118 valence electrons. The normalized spacial score (nSPS) is 14.6. The Kier molecular flexibility index (Phi) is 3.70. The molecule has 24 heavy (non-hydrogen) atoms. The summed E-state index contributed by atoms with van der Waals surface area (Å²) in [5, 5.41) is 6.17. The van der Waals surface area contributed by atoms with Crippen molar-refractivity contribution in [1.29, 1.82) is 0 Å². The van der Waals surface area contributed by atoms with Crippen LogP contribution in [0, 0.1) is 13.8 Å². The number of amidine groups is 2. The van der Waals surface area contributed by atoms with Gasteiger partial charge >= 0.3 is 0 Å². The Morgan fingerprint density at radius 1 is 0.958 bits per heavy atom. The highest BCUT2D eigenvalue weighted by atomic mass is 32.1. The average Bonchev–Trinajstić information content (AvgIpc) is 3.15. The maximum atomic E-state index is 4.72. The number of rotatable bonds is 2. The summed E-state index contributed by atoms with van der Waals surface area (Å²) < 4.78 is 0. The number of anilines is 1. The highest BCUT2D eigenvalue weighted by molar-refractivity contribution is 7.13. The predicted molar refractivity (Wildman–Crippen MR) is 101 cm³/mol. The van der Waals surface area contributed by atoms with Crippen molar-refractivity contribution < 1.29 is 0 Å². The minimum Gasteiger partial charge on any atom is -0.339 e. The molecule has 3 aromatic rings. The van der Waals surface area contributed by atoms with Crippen LogP contribution in [0.15, 0.2) is 63.9 Å². The van der Waals surface area contributed by atoms with Gasteiger partial charge in [0.1, 0.15) is 5.84 Å². The van der Waals surface area contributed by atoms with Crippen molar-refractivity contribution in [2.45, 2.75) is 13.8 Å². The molecule has 1 aliphatic rings. The fourth-order valence-corrected chi connectivity index (χ4v) is 3.28. The fourth-order valence-electron chi connectivity index (χ4n) is 2.62. The van der Waals surface area contributed by atoms with Crippen LogP contribution in [0.1, 0.15) is 22.4 Å². The van der Waals surface area contributed by atoms with E-state index in [-0.39, 0.29) is 0 Å². The molecule has 2 heterocycles. The zero-order valence-electron chi connectivity index (χ0n) is 13.4. The van der Waals surface area contributed by atoms with E-state index in [1.54, 1.807) is 0 Å². The summed E-state index contributed by atoms with van der Waals surface area (Å²) in [5.74, 6) is 1.53. The number of thiazole rings is 1. The fraction of sp³-hybridized carbons (Fsp3) is 0.105. The van der Waals surface area contributed by atoms with Crippen molar-refractivity contribution in [2.75, 3.05) is 5.32 Å². The van der Waals surface area contributed by atoms with Crippen LogP contribution in [-0.2, 0) is 0 Å². The lowest BCUT2D eigenvalue weighted by atomic mass is 10.1. The Hall–Kier alpha value is -2.79. The number of aromatic nitrogens is 1. The second-order valence-corrected chi connectivity index (χ2v) is 6.49. The lowest BCUT2D eigenvalue weighted by molar-refractivity contribution is 1.24. The van der Waals surface area contributed by atoms with Gasteiger partial charge in [-0.1, -0.05) is 42.5 Å². The summed E-state index contributed by atoms with van der Waals surface area (Å²) in [6.45, 7) is 4.05. The van der Waals surface area contributed by atoms with Crippen LogP contribution in [0.4, 0.5) is 10.8 Å². The zero-order valence-corrected chi connectivity index (χ0v) is 14.3. The van der Waals surface area contributed by atoms with Crippen molar-refractivity contribution in [3.05, 3.63) is 76.3 Å². The van der Waals surface area contributed by atoms with Crippen LogP contribution in [0.5, 0.6) is 0 Å². The molecule has 1 N–H and O–H groups in total. The number of aryl methyl sites for hydroxylation is 2. The molecule has 4 rings (SSSR count). The topological polar surface area (TPSA) is 49.6 Å². The standard InChI is InChI=1S/C19H16N4S/c1-12-7-3-6-10-16(12)21-17-14-8-4-5-9-15(14)18(22-17)23-19-20-13(2)11-24-19/h3-11H,1-2H3,(H,20,21,22,23). The highest BCUT2D eigenvalue weighted by Crippen LogP contribution is 2.26. The molecule has 1 aliphatic heterocycles. The molecule has 2 aromatic carbocycles. The Labute approximate surface area is 144 Å². The van der Waals surface area contributed by atoms with E-state index in [4.69, 9.17) is 4.99 Å². The zero-order chi connectivity index (χ0) is 16.5. The molecule has 0 amide bonds. The van der Waals surface area contributed by atoms with Gasteiger partial charge in [0.05, 0.1) is 5.69 Å². The van der Waals surface area contributed by atoms with Crippen molar-refractivity contribution in [3.8, 4) is 0 Å². The van der Waals surface area contributed by atoms with Crippen molar-refractivity contribution in [1.82, 2.24) is 4.98 Å². The average molecular weight is 332 g/mol. The molecule has 1 aromatic heterocycles. The highest BCUT2D eigenvalue weighted by Gasteiger charge is 2.22. The van der Waals surface area contributed by atoms with Crippen LogP contribution in [0.2, 0.25) is 0 Å². The monoisotopic (exact) mass is 332 g/mol. The van der Waals surface area contributed by atoms with Crippen molar-refractivity contribution in [2.24, 2.45) is 9.98 Å². The second kappa shape index (κ2) is 6.02. The molecule has 4 nitrogen and oxygen atoms in total. The molecule has 0 atom stereocenters. The van der Waals surface area contributed by atoms with E-state index in [0.29, 0.717) is 5.84 Å². The van der Waals surface area contributed by atoms with E-state index < -0.39 is 0 Å². The van der Waals surface area contributed by atoms with Crippen LogP contribution in [0.3, 0.4) is 0 Å². The summed E-state index contributed by atoms with van der Waals surface area (Å²) in [5.41, 5.74) is 5.30. The Bertz CT molecular complexity index is 969. The summed E-state index contributed by atoms with van der Waals surface area (Å²) >= 11 is 1.53. The lowest BCUT2D eigenvalue weighted by Gasteiger charge is -2.09. The maximum absolute atomic E-state index is 4.72. The van der Waals surface area contributed by atoms with Crippen molar-refractivity contribution >= 4 is 33.8 Å². The largest absolute Gasteiger partial charge is 0.339 e. The number of para-hydroxylation sites is 1. The minimum atomic E-state index is 0.705. The number of aliphatic imine (C=N–C) groups is 2. The van der Waals surface area contributed by atoms with E-state index >= 15 is 0 Å². The number of nitrogens with one attached hydrogen (secondary N) is 1. The predicted octanol–water partition coefficient (Wildman–Crippen LogP) is 4.71. The molecule has 0 spiro atoms. The van der Waals surface area contributed by atoms with E-state index in [2.05, 4.69) is 40.4 Å². The number of nitrogens with zero attached hydrogens (tertiary/aromatic N) is 3. The number of hydrogen-bond acceptors (Lipinski definition) is 4. The summed E-state index contributed by atoms with van der Waals surface area (Å²) in [6, 6.07) is 16.3. The number of hydrogen-bond donors (Lipinski definition) is 1. The quantitative estimate of drug-likeness (QED) is 0.739. The van der Waals surface area contributed by atoms with Gasteiger partial charge in [0, 0.05) is 22.2 Å². The third kappa shape index (κ3) is 2.74. The Morgan fingerprint density at radius 3 is 2.46 bits per heavy atom. The SMILES string of the molecule is Cc1csc(/N=C2\N=C(Nc3ccccc3C)c3ccccc32)n1. The van der Waals surface area contributed by atoms with E-state index in [1.165, 1.54) is 16.9 Å². The van der Waals surface area contributed by atoms with Gasteiger partial charge in [-0.15, -0.1) is 11.3 Å². The molecule has 0 saturated heterocycles. The van der Waals surface area contributed by atoms with E-state index in [9.17, 15) is 0 Å². The Morgan fingerprint density at radius 2 is 1.71 bits per heavy atom. The summed E-state index contributed by atoms with van der Waals surface area (Å²) in [6.07, 6.45) is 0. The molecular weight excluding hydrogens is 316 g/mol. The van der Waals surface area contributed by atoms with Gasteiger partial charge in [-0.3, -0.25) is 0 Å². The van der Waals surface area contributed by atoms with Gasteiger partial charge in [0.2, 0.25) is 5.13 Å². The number of benzene rings is 2. The molecule has 0 aliphatic carbocycles. The van der Waals surface area contributed by atoms with Crippen LogP contribution in [0.25, 0.3) is 0 Å². The first-order chi connectivity index (χ1) is 11.7. The first-order valence-corrected chi connectivity index (χ1v) is 8.60. The molecule has 5 heteroatoms. The van der Waals surface area contributed by atoms with Gasteiger partial charge in [0.25, 0.3) is 0 Å². The van der Waals surface area contributed by atoms with Gasteiger partial charge in [0.15, 0.2) is 5.84 Å². The number of fused-ring (bicyclic) bond motifs is 1. The molecule has 0 unspecified atom stereocenters. The Balaban J connectivity index is 1.76. The van der Waals surface area contributed by atoms with E-state index in [1.807, 2.05) is 42.6 Å². The summed E-state index contributed by atoms with van der Waals surface area (Å²) in [4.78, 5) is 13.8. The van der Waals surface area contributed by atoms with Gasteiger partial charge in [-0.05, 0) is 25.5 Å². The molecule has 0 saturated carbocycles. The van der Waals surface area contributed by atoms with Crippen LogP contribution >= 0.6 is 11.3 Å². The minimum absolute atomic E-state index is 0.705. The molecule has 0 radical (unpaired) electrons. The summed E-state index contributed by atoms with van der Waals surface area (Å²) in [7, 11) is 0. The smallest absolute Gasteiger partial charge is 0.211 e. The second-order valence-electron chi connectivity index (χ2n) is 5.65. The van der Waals surface area contributed by atoms with Gasteiger partial charge in [-0.25, -0.2) is 9.98 Å². The lowest BCUT2D eigenvalue weighted by Crippen LogP contribution is -2.12. The van der Waals surface area contributed by atoms with Gasteiger partial charge < -0.3 is 5.32 Å². The third-order valence-corrected chi connectivity index (χ3v) is 4.70. The first-order valence-electron chi connectivity index (χ1n) is 7.72. The first kappa shape index (κ1) is 14.8. The van der Waals surface area contributed by atoms with E-state index in [0.717, 1.165) is 33.5 Å². The molecular formula is C19H16N4S. The van der Waals surface area contributed by atoms with Gasteiger partial charge in [-0.2, -0.15) is 4.99 Å². The molecule has 0 bridgehead atoms. The van der Waals surface area contributed by atoms with Crippen LogP contribution in [-0.4, -0.2) is 16.7 Å². The van der Waals surface area contributed by atoms with Crippen molar-refractivity contribution in [3.63, 3.8) is 0 Å². The third-order valence-electron chi connectivity index (χ3n) is 3.85. The molecule has 0 fully saturated rings. The maximum Gasteiger partial charge on any atom is 0.211 e.